The normalized spacial score (nSPS) is 25.4. The summed E-state index contributed by atoms with van der Waals surface area (Å²) in [4.78, 5) is 41.0. The third-order valence-corrected chi connectivity index (χ3v) is 4.98. The second kappa shape index (κ2) is 8.49. The summed E-state index contributed by atoms with van der Waals surface area (Å²) in [6, 6.07) is -1.76. The highest BCUT2D eigenvalue weighted by molar-refractivity contribution is 5.88. The van der Waals surface area contributed by atoms with Crippen molar-refractivity contribution in [3.8, 4) is 0 Å². The van der Waals surface area contributed by atoms with Gasteiger partial charge in [0.2, 0.25) is 0 Å². The van der Waals surface area contributed by atoms with E-state index in [2.05, 4.69) is 15.0 Å². The Labute approximate surface area is 154 Å². The number of nitrogens with one attached hydrogen (secondary N) is 1. The number of aromatic amines is 1. The average molecular weight is 380 g/mol. The van der Waals surface area contributed by atoms with Crippen molar-refractivity contribution in [1.29, 1.82) is 0 Å². The van der Waals surface area contributed by atoms with E-state index in [4.69, 9.17) is 16.0 Å². The van der Waals surface area contributed by atoms with Crippen LogP contribution in [0.3, 0.4) is 0 Å². The second-order valence-corrected chi connectivity index (χ2v) is 6.80. The van der Waals surface area contributed by atoms with Gasteiger partial charge in [0.05, 0.1) is 12.1 Å². The zero-order chi connectivity index (χ0) is 20.3. The Morgan fingerprint density at radius 1 is 1.59 bits per heavy atom. The summed E-state index contributed by atoms with van der Waals surface area (Å²) in [5, 5.41) is 14.1. The minimum atomic E-state index is -1.60. The first-order chi connectivity index (χ1) is 12.7. The number of azide groups is 1. The fourth-order valence-corrected chi connectivity index (χ4v) is 3.00. The van der Waals surface area contributed by atoms with Crippen molar-refractivity contribution in [3.63, 3.8) is 0 Å². The lowest BCUT2D eigenvalue weighted by atomic mass is 9.90. The smallest absolute Gasteiger partial charge is 0.330 e. The van der Waals surface area contributed by atoms with Crippen molar-refractivity contribution >= 4 is 5.78 Å². The molecule has 1 aromatic rings. The summed E-state index contributed by atoms with van der Waals surface area (Å²) in [5.74, 6) is -0.759. The topological polar surface area (TPSA) is 176 Å². The number of aliphatic hydroxyl groups excluding tert-OH is 1. The summed E-state index contributed by atoms with van der Waals surface area (Å²) in [6.45, 7) is 5.19. The predicted molar refractivity (Wildman–Crippen MR) is 96.0 cm³/mol. The quantitative estimate of drug-likeness (QED) is 0.343. The molecular weight excluding hydrogens is 356 g/mol. The molecule has 0 aliphatic carbocycles. The summed E-state index contributed by atoms with van der Waals surface area (Å²) < 4.78 is 6.83. The zero-order valence-electron chi connectivity index (χ0n) is 15.4. The van der Waals surface area contributed by atoms with Gasteiger partial charge in [0.25, 0.3) is 5.56 Å². The van der Waals surface area contributed by atoms with Gasteiger partial charge in [-0.15, -0.1) is 0 Å². The molecule has 6 atom stereocenters. The Morgan fingerprint density at radius 2 is 2.26 bits per heavy atom. The van der Waals surface area contributed by atoms with Crippen LogP contribution in [-0.4, -0.2) is 44.7 Å². The number of aromatic nitrogens is 2. The van der Waals surface area contributed by atoms with E-state index in [9.17, 15) is 19.5 Å². The molecule has 11 nitrogen and oxygen atoms in total. The summed E-state index contributed by atoms with van der Waals surface area (Å²) in [7, 11) is 0. The Hall–Kier alpha value is -2.46. The number of aryl methyl sites for hydroxylation is 1. The summed E-state index contributed by atoms with van der Waals surface area (Å²) in [5.41, 5.74) is 13.8. The highest BCUT2D eigenvalue weighted by atomic mass is 16.5. The average Bonchev–Trinajstić information content (AvgIpc) is 3.06. The van der Waals surface area contributed by atoms with Crippen molar-refractivity contribution in [3.05, 3.63) is 43.0 Å². The molecule has 0 saturated carbocycles. The Kier molecular flexibility index (Phi) is 6.55. The molecule has 11 heteroatoms. The van der Waals surface area contributed by atoms with E-state index in [1.54, 1.807) is 6.92 Å². The van der Waals surface area contributed by atoms with Gasteiger partial charge in [-0.3, -0.25) is 19.1 Å². The maximum absolute atomic E-state index is 12.5. The first kappa shape index (κ1) is 20.8. The van der Waals surface area contributed by atoms with Crippen LogP contribution >= 0.6 is 0 Å². The first-order valence-electron chi connectivity index (χ1n) is 8.70. The largest absolute Gasteiger partial charge is 0.382 e. The van der Waals surface area contributed by atoms with E-state index in [1.165, 1.54) is 13.1 Å². The standard InChI is InChI=1S/C16H24N6O5/c1-4-7(2)11(17)12(23)13(24)14-9(20-21-18)5-10(27-14)22-6-8(3)15(25)19-16(22)26/h6-7,9-11,13-14,24H,4-5,17H2,1-3H3,(H,19,25,26). The van der Waals surface area contributed by atoms with Crippen molar-refractivity contribution < 1.29 is 14.6 Å². The van der Waals surface area contributed by atoms with E-state index in [0.717, 1.165) is 4.57 Å². The van der Waals surface area contributed by atoms with Gasteiger partial charge in [0, 0.05) is 23.1 Å². The molecule has 4 N–H and O–H groups in total. The number of Topliss-reactive ketones (excluding diaryl/α,β-unsaturated/α-hetero) is 1. The van der Waals surface area contributed by atoms with Gasteiger partial charge in [-0.1, -0.05) is 25.4 Å². The van der Waals surface area contributed by atoms with Crippen LogP contribution < -0.4 is 17.0 Å². The molecule has 1 fully saturated rings. The molecule has 1 saturated heterocycles. The predicted octanol–water partition coefficient (Wildman–Crippen LogP) is 0.115. The third kappa shape index (κ3) is 4.28. The third-order valence-electron chi connectivity index (χ3n) is 4.98. The van der Waals surface area contributed by atoms with Crippen LogP contribution in [0.1, 0.15) is 38.5 Å². The van der Waals surface area contributed by atoms with Gasteiger partial charge in [-0.2, -0.15) is 0 Å². The Morgan fingerprint density at radius 3 is 2.85 bits per heavy atom. The van der Waals surface area contributed by atoms with Gasteiger partial charge in [-0.05, 0) is 18.4 Å². The number of ether oxygens (including phenoxy) is 1. The van der Waals surface area contributed by atoms with Crippen LogP contribution in [0.15, 0.2) is 20.9 Å². The molecule has 1 aliphatic heterocycles. The monoisotopic (exact) mass is 380 g/mol. The molecule has 148 valence electrons. The molecule has 1 aliphatic rings. The molecule has 6 unspecified atom stereocenters. The lowest BCUT2D eigenvalue weighted by Gasteiger charge is -2.25. The van der Waals surface area contributed by atoms with Crippen LogP contribution in [0.2, 0.25) is 0 Å². The molecule has 0 amide bonds. The van der Waals surface area contributed by atoms with Crippen molar-refractivity contribution in [2.45, 2.75) is 64.1 Å². The van der Waals surface area contributed by atoms with E-state index >= 15 is 0 Å². The van der Waals surface area contributed by atoms with Crippen molar-refractivity contribution in [2.24, 2.45) is 16.8 Å². The summed E-state index contributed by atoms with van der Waals surface area (Å²) in [6.07, 6.45) is -1.62. The highest BCUT2D eigenvalue weighted by Crippen LogP contribution is 2.32. The minimum absolute atomic E-state index is 0.0586. The van der Waals surface area contributed by atoms with Crippen molar-refractivity contribution in [2.75, 3.05) is 0 Å². The number of rotatable bonds is 7. The fraction of sp³-hybridized carbons (Fsp3) is 0.688. The number of nitrogens with two attached hydrogens (primary N) is 1. The number of hydrogen-bond donors (Lipinski definition) is 3. The van der Waals surface area contributed by atoms with E-state index < -0.39 is 47.6 Å². The minimum Gasteiger partial charge on any atom is -0.382 e. The number of hydrogen-bond acceptors (Lipinski definition) is 7. The molecule has 2 rings (SSSR count). The molecule has 0 radical (unpaired) electrons. The van der Waals surface area contributed by atoms with Gasteiger partial charge < -0.3 is 15.6 Å². The van der Waals surface area contributed by atoms with Gasteiger partial charge in [-0.25, -0.2) is 4.79 Å². The van der Waals surface area contributed by atoms with Gasteiger partial charge >= 0.3 is 5.69 Å². The lowest BCUT2D eigenvalue weighted by Crippen LogP contribution is -2.49. The van der Waals surface area contributed by atoms with E-state index in [1.807, 2.05) is 6.92 Å². The van der Waals surface area contributed by atoms with E-state index in [-0.39, 0.29) is 17.9 Å². The molecule has 0 aromatic carbocycles. The first-order valence-corrected chi connectivity index (χ1v) is 8.70. The molecular formula is C16H24N6O5. The number of ketones is 1. The van der Waals surface area contributed by atoms with Crippen molar-refractivity contribution in [1.82, 2.24) is 9.55 Å². The maximum Gasteiger partial charge on any atom is 0.330 e. The van der Waals surface area contributed by atoms with Crippen LogP contribution in [0.25, 0.3) is 10.4 Å². The number of aliphatic hydroxyl groups is 1. The van der Waals surface area contributed by atoms with Crippen LogP contribution in [0.5, 0.6) is 0 Å². The SMILES string of the molecule is CCC(C)C(N)C(=O)C(O)C1OC(n2cc(C)c(=O)[nH]c2=O)CC1N=[N+]=[N-]. The van der Waals surface area contributed by atoms with E-state index in [0.29, 0.717) is 6.42 Å². The molecule has 1 aromatic heterocycles. The molecule has 2 heterocycles. The fourth-order valence-electron chi connectivity index (χ4n) is 3.00. The second-order valence-electron chi connectivity index (χ2n) is 6.80. The van der Waals surface area contributed by atoms with Crippen LogP contribution in [0.4, 0.5) is 0 Å². The Balaban J connectivity index is 2.31. The lowest BCUT2D eigenvalue weighted by molar-refractivity contribution is -0.140. The van der Waals surface area contributed by atoms with Crippen LogP contribution in [0, 0.1) is 12.8 Å². The molecule has 0 bridgehead atoms. The Bertz CT molecular complexity index is 858. The molecule has 27 heavy (non-hydrogen) atoms. The zero-order valence-corrected chi connectivity index (χ0v) is 15.4. The summed E-state index contributed by atoms with van der Waals surface area (Å²) >= 11 is 0. The van der Waals surface area contributed by atoms with Gasteiger partial charge in [0.15, 0.2) is 5.78 Å². The number of carbonyl (C=O) groups excluding carboxylic acids is 1. The number of nitrogens with zero attached hydrogens (tertiary/aromatic N) is 4. The maximum atomic E-state index is 12.5. The number of carbonyl (C=O) groups is 1. The molecule has 0 spiro atoms. The van der Waals surface area contributed by atoms with Crippen LogP contribution in [-0.2, 0) is 9.53 Å². The number of H-pyrrole nitrogens is 1. The highest BCUT2D eigenvalue weighted by Gasteiger charge is 2.44. The van der Waals surface area contributed by atoms with Gasteiger partial charge in [0.1, 0.15) is 18.4 Å².